The Kier molecular flexibility index (Phi) is 5.88. The lowest BCUT2D eigenvalue weighted by Gasteiger charge is -2.17. The van der Waals surface area contributed by atoms with Gasteiger partial charge in [0.15, 0.2) is 11.5 Å². The molecule has 1 amide bonds. The van der Waals surface area contributed by atoms with E-state index in [9.17, 15) is 13.6 Å². The van der Waals surface area contributed by atoms with Gasteiger partial charge in [-0.3, -0.25) is 9.48 Å². The number of aryl methyl sites for hydroxylation is 1. The number of carbonyl (C=O) groups is 1. The average Bonchev–Trinajstić information content (AvgIpc) is 3.30. The van der Waals surface area contributed by atoms with Gasteiger partial charge in [-0.2, -0.15) is 13.9 Å². The summed E-state index contributed by atoms with van der Waals surface area (Å²) in [6.45, 7) is -2.69. The summed E-state index contributed by atoms with van der Waals surface area (Å²) in [7, 11) is 4.81. The van der Waals surface area contributed by atoms with Crippen LogP contribution in [0.1, 0.15) is 16.1 Å². The first-order valence-electron chi connectivity index (χ1n) is 8.19. The molecule has 2 aromatic heterocycles. The second-order valence-electron chi connectivity index (χ2n) is 5.97. The van der Waals surface area contributed by atoms with Crippen molar-refractivity contribution in [2.45, 2.75) is 13.2 Å². The van der Waals surface area contributed by atoms with E-state index in [0.29, 0.717) is 16.3 Å². The maximum Gasteiger partial charge on any atom is 0.387 e. The molecule has 3 rings (SSSR count). The minimum absolute atomic E-state index is 0.0594. The number of amides is 1. The molecule has 28 heavy (non-hydrogen) atoms. The van der Waals surface area contributed by atoms with Gasteiger partial charge >= 0.3 is 6.61 Å². The average molecular weight is 408 g/mol. The highest BCUT2D eigenvalue weighted by molar-refractivity contribution is 7.13. The van der Waals surface area contributed by atoms with Gasteiger partial charge in [0.05, 0.1) is 13.3 Å². The smallest absolute Gasteiger partial charge is 0.387 e. The first kappa shape index (κ1) is 19.7. The van der Waals surface area contributed by atoms with E-state index in [1.165, 1.54) is 29.4 Å². The van der Waals surface area contributed by atoms with E-state index < -0.39 is 6.61 Å². The van der Waals surface area contributed by atoms with Gasteiger partial charge in [-0.05, 0) is 17.7 Å². The van der Waals surface area contributed by atoms with Crippen LogP contribution in [0.2, 0.25) is 0 Å². The Hall–Kier alpha value is -3.01. The van der Waals surface area contributed by atoms with Gasteiger partial charge < -0.3 is 14.4 Å². The third-order valence-corrected chi connectivity index (χ3v) is 4.78. The van der Waals surface area contributed by atoms with Crippen molar-refractivity contribution in [3.05, 3.63) is 47.2 Å². The fourth-order valence-corrected chi connectivity index (χ4v) is 3.35. The zero-order valence-electron chi connectivity index (χ0n) is 15.4. The standard InChI is InChI=1S/C18H18F2N4O3S/c1-23(8-11-4-5-14(27-18(19)20)15(6-11)26-3)17(25)13-10-28-16(22-13)12-7-21-24(2)9-12/h4-7,9-10,18H,8H2,1-3H3. The summed E-state index contributed by atoms with van der Waals surface area (Å²) in [6, 6.07) is 4.55. The number of hydrogen-bond acceptors (Lipinski definition) is 6. The SMILES string of the molecule is COc1cc(CN(C)C(=O)c2csc(-c3cnn(C)c3)n2)ccc1OC(F)F. The number of methoxy groups -OCH3 is 1. The van der Waals surface area contributed by atoms with Gasteiger partial charge in [-0.25, -0.2) is 4.98 Å². The summed E-state index contributed by atoms with van der Waals surface area (Å²) < 4.78 is 36.0. The maximum absolute atomic E-state index is 12.7. The maximum atomic E-state index is 12.7. The van der Waals surface area contributed by atoms with E-state index in [1.54, 1.807) is 35.4 Å². The number of thiazole rings is 1. The molecule has 1 aromatic carbocycles. The van der Waals surface area contributed by atoms with Crippen molar-refractivity contribution in [3.8, 4) is 22.1 Å². The van der Waals surface area contributed by atoms with Gasteiger partial charge in [0.25, 0.3) is 5.91 Å². The monoisotopic (exact) mass is 408 g/mol. The summed E-state index contributed by atoms with van der Waals surface area (Å²) in [4.78, 5) is 18.5. The summed E-state index contributed by atoms with van der Waals surface area (Å²) in [5.74, 6) is -0.139. The Morgan fingerprint density at radius 1 is 1.36 bits per heavy atom. The Morgan fingerprint density at radius 2 is 2.14 bits per heavy atom. The molecular formula is C18H18F2N4O3S. The molecule has 0 saturated heterocycles. The molecule has 0 bridgehead atoms. The first-order valence-corrected chi connectivity index (χ1v) is 9.07. The Labute approximate surface area is 164 Å². The van der Waals surface area contributed by atoms with Crippen LogP contribution in [-0.4, -0.2) is 46.3 Å². The van der Waals surface area contributed by atoms with Crippen molar-refractivity contribution in [2.24, 2.45) is 7.05 Å². The molecule has 0 unspecified atom stereocenters. The van der Waals surface area contributed by atoms with Crippen LogP contribution in [0.4, 0.5) is 8.78 Å². The van der Waals surface area contributed by atoms with E-state index in [1.807, 2.05) is 13.2 Å². The van der Waals surface area contributed by atoms with Crippen molar-refractivity contribution in [3.63, 3.8) is 0 Å². The van der Waals surface area contributed by atoms with Crippen LogP contribution in [0.25, 0.3) is 10.6 Å². The molecule has 148 valence electrons. The molecule has 0 N–H and O–H groups in total. The molecule has 7 nitrogen and oxygen atoms in total. The molecule has 0 aliphatic heterocycles. The molecular weight excluding hydrogens is 390 g/mol. The van der Waals surface area contributed by atoms with Crippen molar-refractivity contribution in [1.82, 2.24) is 19.7 Å². The van der Waals surface area contributed by atoms with Crippen molar-refractivity contribution < 1.29 is 23.0 Å². The number of alkyl halides is 2. The molecule has 0 saturated carbocycles. The third-order valence-electron chi connectivity index (χ3n) is 3.89. The van der Waals surface area contributed by atoms with Crippen LogP contribution in [-0.2, 0) is 13.6 Å². The number of carbonyl (C=O) groups excluding carboxylic acids is 1. The van der Waals surface area contributed by atoms with E-state index in [2.05, 4.69) is 14.8 Å². The number of ether oxygens (including phenoxy) is 2. The number of nitrogens with zero attached hydrogens (tertiary/aromatic N) is 4. The number of aromatic nitrogens is 3. The van der Waals surface area contributed by atoms with E-state index in [0.717, 1.165) is 5.56 Å². The van der Waals surface area contributed by atoms with Crippen LogP contribution in [0, 0.1) is 0 Å². The Balaban J connectivity index is 1.71. The molecule has 3 aromatic rings. The Morgan fingerprint density at radius 3 is 2.79 bits per heavy atom. The molecule has 0 fully saturated rings. The van der Waals surface area contributed by atoms with E-state index >= 15 is 0 Å². The van der Waals surface area contributed by atoms with Crippen LogP contribution < -0.4 is 9.47 Å². The number of benzene rings is 1. The molecule has 0 aliphatic rings. The lowest BCUT2D eigenvalue weighted by molar-refractivity contribution is -0.0512. The minimum atomic E-state index is -2.94. The van der Waals surface area contributed by atoms with Crippen LogP contribution >= 0.6 is 11.3 Å². The largest absolute Gasteiger partial charge is 0.493 e. The summed E-state index contributed by atoms with van der Waals surface area (Å²) in [5, 5.41) is 6.50. The van der Waals surface area contributed by atoms with Crippen molar-refractivity contribution >= 4 is 17.2 Å². The van der Waals surface area contributed by atoms with Gasteiger partial charge in [0, 0.05) is 37.8 Å². The number of rotatable bonds is 7. The summed E-state index contributed by atoms with van der Waals surface area (Å²) in [5.41, 5.74) is 1.88. The summed E-state index contributed by atoms with van der Waals surface area (Å²) in [6.07, 6.45) is 3.51. The number of hydrogen-bond donors (Lipinski definition) is 0. The van der Waals surface area contributed by atoms with Crippen LogP contribution in [0.15, 0.2) is 36.0 Å². The predicted molar refractivity (Wildman–Crippen MR) is 99.7 cm³/mol. The van der Waals surface area contributed by atoms with Crippen molar-refractivity contribution in [1.29, 1.82) is 0 Å². The molecule has 10 heteroatoms. The predicted octanol–water partition coefficient (Wildman–Crippen LogP) is 3.43. The third kappa shape index (κ3) is 4.45. The minimum Gasteiger partial charge on any atom is -0.493 e. The second kappa shape index (κ2) is 8.34. The lowest BCUT2D eigenvalue weighted by atomic mass is 10.2. The molecule has 0 atom stereocenters. The molecule has 0 radical (unpaired) electrons. The first-order chi connectivity index (χ1) is 13.4. The zero-order chi connectivity index (χ0) is 20.3. The van der Waals surface area contributed by atoms with Gasteiger partial charge in [0.1, 0.15) is 10.7 Å². The van der Waals surface area contributed by atoms with E-state index in [-0.39, 0.29) is 24.0 Å². The molecule has 0 spiro atoms. The highest BCUT2D eigenvalue weighted by Gasteiger charge is 2.18. The lowest BCUT2D eigenvalue weighted by Crippen LogP contribution is -2.26. The van der Waals surface area contributed by atoms with Gasteiger partial charge in [-0.1, -0.05) is 6.07 Å². The molecule has 0 aliphatic carbocycles. The quantitative estimate of drug-likeness (QED) is 0.599. The highest BCUT2D eigenvalue weighted by atomic mass is 32.1. The van der Waals surface area contributed by atoms with Gasteiger partial charge in [0.2, 0.25) is 0 Å². The second-order valence-corrected chi connectivity index (χ2v) is 6.82. The fraction of sp³-hybridized carbons (Fsp3) is 0.278. The van der Waals surface area contributed by atoms with Crippen molar-refractivity contribution in [2.75, 3.05) is 14.2 Å². The molecule has 2 heterocycles. The summed E-state index contributed by atoms with van der Waals surface area (Å²) >= 11 is 1.36. The number of halogens is 2. The zero-order valence-corrected chi connectivity index (χ0v) is 16.2. The highest BCUT2D eigenvalue weighted by Crippen LogP contribution is 2.30. The van der Waals surface area contributed by atoms with Gasteiger partial charge in [-0.15, -0.1) is 11.3 Å². The Bertz CT molecular complexity index is 973. The van der Waals surface area contributed by atoms with E-state index in [4.69, 9.17) is 4.74 Å². The fourth-order valence-electron chi connectivity index (χ4n) is 2.58. The normalized spacial score (nSPS) is 10.9. The van der Waals surface area contributed by atoms with Crippen LogP contribution in [0.5, 0.6) is 11.5 Å². The topological polar surface area (TPSA) is 69.5 Å². The van der Waals surface area contributed by atoms with Crippen LogP contribution in [0.3, 0.4) is 0 Å².